The maximum absolute atomic E-state index is 11.4. The molecule has 0 aromatic heterocycles. The Hall–Kier alpha value is -1.04. The van der Waals surface area contributed by atoms with Crippen LogP contribution in [0.1, 0.15) is 44.6 Å². The van der Waals surface area contributed by atoms with E-state index in [9.17, 15) is 4.79 Å². The summed E-state index contributed by atoms with van der Waals surface area (Å²) in [5.41, 5.74) is 2.87. The lowest BCUT2D eigenvalue weighted by Crippen LogP contribution is -2.50. The van der Waals surface area contributed by atoms with E-state index in [0.717, 1.165) is 22.9 Å². The van der Waals surface area contributed by atoms with Crippen molar-refractivity contribution in [2.24, 2.45) is 17.8 Å². The van der Waals surface area contributed by atoms with Crippen LogP contribution in [0.2, 0.25) is 0 Å². The fourth-order valence-corrected chi connectivity index (χ4v) is 5.93. The first kappa shape index (κ1) is 17.4. The van der Waals surface area contributed by atoms with E-state index in [0.29, 0.717) is 11.7 Å². The molecule has 4 heteroatoms. The largest absolute Gasteiger partial charge is 0.500 e. The van der Waals surface area contributed by atoms with Crippen molar-refractivity contribution in [3.63, 3.8) is 0 Å². The summed E-state index contributed by atoms with van der Waals surface area (Å²) in [7, 11) is 0. The molecule has 134 valence electrons. The van der Waals surface area contributed by atoms with Gasteiger partial charge in [0.1, 0.15) is 5.75 Å². The van der Waals surface area contributed by atoms with E-state index in [-0.39, 0.29) is 11.4 Å². The van der Waals surface area contributed by atoms with Crippen molar-refractivity contribution < 1.29 is 14.3 Å². The van der Waals surface area contributed by atoms with Crippen LogP contribution in [-0.2, 0) is 14.9 Å². The van der Waals surface area contributed by atoms with Gasteiger partial charge in [0.15, 0.2) is 0 Å². The lowest BCUT2D eigenvalue weighted by Gasteiger charge is -2.58. The Morgan fingerprint density at radius 2 is 2.04 bits per heavy atom. The Bertz CT molecular complexity index is 682. The molecule has 5 rings (SSSR count). The van der Waals surface area contributed by atoms with Crippen molar-refractivity contribution in [2.45, 2.75) is 44.4 Å². The van der Waals surface area contributed by atoms with Gasteiger partial charge in [-0.05, 0) is 73.1 Å². The fraction of sp³-hybridized carbons (Fsp3) is 0.571. The van der Waals surface area contributed by atoms with Crippen LogP contribution in [0.4, 0.5) is 0 Å². The van der Waals surface area contributed by atoms with Crippen molar-refractivity contribution in [1.82, 2.24) is 0 Å². The molecule has 0 N–H and O–H groups in total. The first-order chi connectivity index (χ1) is 12.1. The lowest BCUT2D eigenvalue weighted by molar-refractivity contribution is -0.131. The summed E-state index contributed by atoms with van der Waals surface area (Å²) in [6.07, 6.45) is 8.54. The van der Waals surface area contributed by atoms with E-state index in [1.54, 1.807) is 0 Å². The van der Waals surface area contributed by atoms with Crippen LogP contribution in [0.5, 0.6) is 5.75 Å². The molecule has 2 unspecified atom stereocenters. The standard InChI is InChI=1S/C21H25IO3/c1-14(23)25-19-4-2-3-18(10-19)21-11-15-7-16(12-21)9-17(8-15)20(21)13-24-6-5-22/h2-4,10,13,15-17H,5-9,11-12H2,1H3. The second-order valence-electron chi connectivity index (χ2n) is 7.88. The molecule has 0 heterocycles. The number of alkyl halides is 1. The minimum absolute atomic E-state index is 0.0795. The SMILES string of the molecule is CC(=O)Oc1cccc(C23CC4CC(CC(C4)C2=COCCI)C3)c1. The van der Waals surface area contributed by atoms with Gasteiger partial charge in [0.05, 0.1) is 12.9 Å². The van der Waals surface area contributed by atoms with Crippen LogP contribution in [-0.4, -0.2) is 17.0 Å². The van der Waals surface area contributed by atoms with Gasteiger partial charge in [-0.25, -0.2) is 0 Å². The minimum atomic E-state index is -0.260. The summed E-state index contributed by atoms with van der Waals surface area (Å²) in [6, 6.07) is 8.20. The van der Waals surface area contributed by atoms with Gasteiger partial charge in [-0.15, -0.1) is 0 Å². The van der Waals surface area contributed by atoms with Crippen LogP contribution < -0.4 is 4.74 Å². The third-order valence-corrected chi connectivity index (χ3v) is 6.66. The van der Waals surface area contributed by atoms with Gasteiger partial charge < -0.3 is 9.47 Å². The first-order valence-corrected chi connectivity index (χ1v) is 10.8. The number of hydrogen-bond acceptors (Lipinski definition) is 3. The molecule has 4 aliphatic carbocycles. The summed E-state index contributed by atoms with van der Waals surface area (Å²) in [4.78, 5) is 11.4. The third-order valence-electron chi connectivity index (χ3n) is 6.22. The molecule has 1 aromatic carbocycles. The molecular weight excluding hydrogens is 427 g/mol. The number of carbonyl (C=O) groups is 1. The van der Waals surface area contributed by atoms with Crippen molar-refractivity contribution in [3.05, 3.63) is 41.7 Å². The number of rotatable bonds is 5. The van der Waals surface area contributed by atoms with Crippen molar-refractivity contribution in [3.8, 4) is 5.75 Å². The third kappa shape index (κ3) is 3.22. The molecule has 3 nitrogen and oxygen atoms in total. The van der Waals surface area contributed by atoms with Gasteiger partial charge in [-0.1, -0.05) is 34.7 Å². The second-order valence-corrected chi connectivity index (χ2v) is 8.96. The summed E-state index contributed by atoms with van der Waals surface area (Å²) in [5, 5.41) is 0. The Morgan fingerprint density at radius 3 is 2.72 bits per heavy atom. The number of carbonyl (C=O) groups excluding carboxylic acids is 1. The van der Waals surface area contributed by atoms with E-state index in [2.05, 4.69) is 41.0 Å². The Kier molecular flexibility index (Phi) is 4.82. The quantitative estimate of drug-likeness (QED) is 0.157. The summed E-state index contributed by atoms with van der Waals surface area (Å²) >= 11 is 2.35. The monoisotopic (exact) mass is 452 g/mol. The second kappa shape index (κ2) is 6.93. The topological polar surface area (TPSA) is 35.5 Å². The molecule has 0 spiro atoms. The highest BCUT2D eigenvalue weighted by molar-refractivity contribution is 14.1. The number of esters is 1. The first-order valence-electron chi connectivity index (χ1n) is 9.28. The van der Waals surface area contributed by atoms with Gasteiger partial charge in [0, 0.05) is 16.8 Å². The predicted octanol–water partition coefficient (Wildman–Crippen LogP) is 5.03. The molecule has 0 radical (unpaired) electrons. The van der Waals surface area contributed by atoms with E-state index in [1.165, 1.54) is 50.2 Å². The zero-order valence-electron chi connectivity index (χ0n) is 14.7. The smallest absolute Gasteiger partial charge is 0.308 e. The van der Waals surface area contributed by atoms with Crippen LogP contribution in [0.15, 0.2) is 36.1 Å². The number of benzene rings is 1. The molecular formula is C21H25IO3. The number of halogens is 1. The lowest BCUT2D eigenvalue weighted by atomic mass is 9.46. The van der Waals surface area contributed by atoms with Crippen LogP contribution in [0, 0.1) is 17.8 Å². The molecule has 0 aliphatic heterocycles. The zero-order chi connectivity index (χ0) is 17.4. The normalized spacial score (nSPS) is 34.3. The molecule has 0 saturated heterocycles. The van der Waals surface area contributed by atoms with Crippen LogP contribution >= 0.6 is 22.6 Å². The molecule has 4 aliphatic rings. The van der Waals surface area contributed by atoms with E-state index >= 15 is 0 Å². The van der Waals surface area contributed by atoms with Crippen LogP contribution in [0.25, 0.3) is 0 Å². The summed E-state index contributed by atoms with van der Waals surface area (Å²) in [5.74, 6) is 2.73. The van der Waals surface area contributed by atoms with E-state index in [4.69, 9.17) is 9.47 Å². The highest BCUT2D eigenvalue weighted by atomic mass is 127. The Balaban J connectivity index is 1.73. The van der Waals surface area contributed by atoms with Crippen molar-refractivity contribution in [2.75, 3.05) is 11.0 Å². The average Bonchev–Trinajstić information content (AvgIpc) is 2.56. The van der Waals surface area contributed by atoms with Gasteiger partial charge in [0.2, 0.25) is 0 Å². The minimum Gasteiger partial charge on any atom is -0.500 e. The van der Waals surface area contributed by atoms with E-state index < -0.39 is 0 Å². The molecule has 1 aromatic rings. The molecule has 4 fully saturated rings. The van der Waals surface area contributed by atoms with Gasteiger partial charge in [-0.3, -0.25) is 4.79 Å². The maximum atomic E-state index is 11.4. The number of hydrogen-bond donors (Lipinski definition) is 0. The number of ether oxygens (including phenoxy) is 2. The van der Waals surface area contributed by atoms with Crippen molar-refractivity contribution >= 4 is 28.6 Å². The highest BCUT2D eigenvalue weighted by Gasteiger charge is 2.55. The van der Waals surface area contributed by atoms with Gasteiger partial charge in [0.25, 0.3) is 0 Å². The average molecular weight is 452 g/mol. The molecule has 0 amide bonds. The van der Waals surface area contributed by atoms with Gasteiger partial charge >= 0.3 is 5.97 Å². The van der Waals surface area contributed by atoms with E-state index in [1.807, 2.05) is 12.1 Å². The van der Waals surface area contributed by atoms with Gasteiger partial charge in [-0.2, -0.15) is 0 Å². The highest BCUT2D eigenvalue weighted by Crippen LogP contribution is 2.63. The molecule has 4 bridgehead atoms. The molecule has 25 heavy (non-hydrogen) atoms. The number of allylic oxidation sites excluding steroid dienone is 1. The molecule has 2 atom stereocenters. The fourth-order valence-electron chi connectivity index (χ4n) is 5.68. The Morgan fingerprint density at radius 1 is 1.28 bits per heavy atom. The molecule has 4 saturated carbocycles. The van der Waals surface area contributed by atoms with Crippen molar-refractivity contribution in [1.29, 1.82) is 0 Å². The summed E-state index contributed by atoms with van der Waals surface area (Å²) in [6.45, 7) is 2.23. The predicted molar refractivity (Wildman–Crippen MR) is 106 cm³/mol. The zero-order valence-corrected chi connectivity index (χ0v) is 16.8. The maximum Gasteiger partial charge on any atom is 0.308 e. The van der Waals surface area contributed by atoms with Crippen LogP contribution in [0.3, 0.4) is 0 Å². The Labute approximate surface area is 163 Å². The summed E-state index contributed by atoms with van der Waals surface area (Å²) < 4.78 is 12.3.